The third-order valence-electron chi connectivity index (χ3n) is 2.38. The van der Waals surface area contributed by atoms with Crippen LogP contribution < -0.4 is 20.3 Å². The van der Waals surface area contributed by atoms with Gasteiger partial charge in [0.05, 0.1) is 35.6 Å². The molecule has 0 aromatic rings. The molecule has 7 N–H and O–H groups in total. The topological polar surface area (TPSA) is 106 Å². The van der Waals surface area contributed by atoms with Crippen molar-refractivity contribution in [1.82, 2.24) is 8.85 Å². The van der Waals surface area contributed by atoms with Crippen molar-refractivity contribution in [3.05, 3.63) is 11.6 Å². The number of halogens is 1. The third-order valence-corrected chi connectivity index (χ3v) is 2.97. The molecule has 7 heteroatoms. The standard InChI is InChI=1S/C8H17IN4O2/c1-4-2-5(3-14)15-8(4)12-6(10)7(11)13-9/h4-5,8,12-14H,2-3,10-11H2,1H3/b7-6-. The van der Waals surface area contributed by atoms with Gasteiger partial charge in [-0.25, -0.2) is 0 Å². The van der Waals surface area contributed by atoms with E-state index in [4.69, 9.17) is 21.3 Å². The van der Waals surface area contributed by atoms with Crippen molar-refractivity contribution in [2.24, 2.45) is 17.4 Å². The summed E-state index contributed by atoms with van der Waals surface area (Å²) < 4.78 is 8.24. The number of nitrogens with two attached hydrogens (primary N) is 2. The summed E-state index contributed by atoms with van der Waals surface area (Å²) in [5, 5.41) is 11.9. The molecule has 88 valence electrons. The van der Waals surface area contributed by atoms with Crippen molar-refractivity contribution in [2.45, 2.75) is 25.7 Å². The number of hydrogen-bond donors (Lipinski definition) is 5. The van der Waals surface area contributed by atoms with Crippen molar-refractivity contribution < 1.29 is 9.84 Å². The van der Waals surface area contributed by atoms with E-state index in [0.29, 0.717) is 17.6 Å². The van der Waals surface area contributed by atoms with E-state index in [0.717, 1.165) is 6.42 Å². The summed E-state index contributed by atoms with van der Waals surface area (Å²) in [4.78, 5) is 0. The summed E-state index contributed by atoms with van der Waals surface area (Å²) in [6.45, 7) is 2.07. The second-order valence-electron chi connectivity index (χ2n) is 3.64. The normalized spacial score (nSPS) is 32.3. The first-order valence-electron chi connectivity index (χ1n) is 4.73. The molecule has 0 aromatic carbocycles. The molecular weight excluding hydrogens is 311 g/mol. The van der Waals surface area contributed by atoms with Gasteiger partial charge in [0.1, 0.15) is 17.9 Å². The molecule has 1 rings (SSSR count). The summed E-state index contributed by atoms with van der Waals surface area (Å²) in [6, 6.07) is 0. The number of hydrogen-bond acceptors (Lipinski definition) is 6. The summed E-state index contributed by atoms with van der Waals surface area (Å²) >= 11 is 1.90. The van der Waals surface area contributed by atoms with Crippen LogP contribution in [0, 0.1) is 5.92 Å². The maximum absolute atomic E-state index is 8.96. The Labute approximate surface area is 103 Å². The molecule has 1 aliphatic rings. The van der Waals surface area contributed by atoms with Gasteiger partial charge in [-0.05, 0) is 6.42 Å². The second-order valence-corrected chi connectivity index (χ2v) is 4.18. The first kappa shape index (κ1) is 12.7. The van der Waals surface area contributed by atoms with Crippen molar-refractivity contribution in [3.63, 3.8) is 0 Å². The zero-order valence-corrected chi connectivity index (χ0v) is 10.7. The van der Waals surface area contributed by atoms with E-state index in [2.05, 4.69) is 8.85 Å². The van der Waals surface area contributed by atoms with Crippen LogP contribution in [0.25, 0.3) is 0 Å². The highest BCUT2D eigenvalue weighted by atomic mass is 127. The number of aliphatic hydroxyl groups is 1. The van der Waals surface area contributed by atoms with Crippen LogP contribution in [0.5, 0.6) is 0 Å². The Balaban J connectivity index is 2.53. The van der Waals surface area contributed by atoms with Crippen LogP contribution in [0.1, 0.15) is 13.3 Å². The monoisotopic (exact) mass is 328 g/mol. The van der Waals surface area contributed by atoms with Gasteiger partial charge in [-0.3, -0.25) is 0 Å². The summed E-state index contributed by atoms with van der Waals surface area (Å²) in [5.41, 5.74) is 11.3. The fourth-order valence-corrected chi connectivity index (χ4v) is 1.80. The largest absolute Gasteiger partial charge is 0.394 e. The van der Waals surface area contributed by atoms with E-state index in [-0.39, 0.29) is 18.9 Å². The fourth-order valence-electron chi connectivity index (χ4n) is 1.51. The minimum Gasteiger partial charge on any atom is -0.394 e. The predicted octanol–water partition coefficient (Wildman–Crippen LogP) is -0.697. The number of aliphatic hydroxyl groups excluding tert-OH is 1. The van der Waals surface area contributed by atoms with Gasteiger partial charge in [0.15, 0.2) is 0 Å². The lowest BCUT2D eigenvalue weighted by molar-refractivity contribution is -0.00528. The molecule has 3 atom stereocenters. The Morgan fingerprint density at radius 3 is 2.67 bits per heavy atom. The molecule has 15 heavy (non-hydrogen) atoms. The van der Waals surface area contributed by atoms with Gasteiger partial charge in [-0.2, -0.15) is 0 Å². The molecule has 1 saturated heterocycles. The van der Waals surface area contributed by atoms with Crippen LogP contribution in [-0.4, -0.2) is 24.0 Å². The maximum atomic E-state index is 8.96. The number of ether oxygens (including phenoxy) is 1. The Morgan fingerprint density at radius 2 is 2.20 bits per heavy atom. The summed E-state index contributed by atoms with van der Waals surface area (Å²) in [5.74, 6) is 1.03. The third kappa shape index (κ3) is 3.28. The molecule has 0 radical (unpaired) electrons. The van der Waals surface area contributed by atoms with E-state index in [1.54, 1.807) is 0 Å². The van der Waals surface area contributed by atoms with Crippen LogP contribution in [-0.2, 0) is 4.74 Å². The Bertz CT molecular complexity index is 249. The predicted molar refractivity (Wildman–Crippen MR) is 65.2 cm³/mol. The Hall–Kier alpha value is -0.410. The lowest BCUT2D eigenvalue weighted by Gasteiger charge is -2.19. The summed E-state index contributed by atoms with van der Waals surface area (Å²) in [6.07, 6.45) is 0.517. The van der Waals surface area contributed by atoms with Gasteiger partial charge >= 0.3 is 0 Å². The smallest absolute Gasteiger partial charge is 0.146 e. The fraction of sp³-hybridized carbons (Fsp3) is 0.750. The zero-order chi connectivity index (χ0) is 11.4. The van der Waals surface area contributed by atoms with Gasteiger partial charge < -0.3 is 30.2 Å². The average molecular weight is 328 g/mol. The SMILES string of the molecule is CC1CC(CO)OC1N/C(N)=C(/N)NI. The van der Waals surface area contributed by atoms with Crippen molar-refractivity contribution in [2.75, 3.05) is 6.61 Å². The zero-order valence-electron chi connectivity index (χ0n) is 8.53. The van der Waals surface area contributed by atoms with E-state index < -0.39 is 0 Å². The van der Waals surface area contributed by atoms with Crippen molar-refractivity contribution in [1.29, 1.82) is 0 Å². The summed E-state index contributed by atoms with van der Waals surface area (Å²) in [7, 11) is 0. The number of rotatable bonds is 4. The van der Waals surface area contributed by atoms with Gasteiger partial charge in [-0.1, -0.05) is 6.92 Å². The van der Waals surface area contributed by atoms with Gasteiger partial charge in [0.2, 0.25) is 0 Å². The molecule has 0 aromatic heterocycles. The molecule has 1 heterocycles. The van der Waals surface area contributed by atoms with Crippen LogP contribution in [0.15, 0.2) is 11.6 Å². The molecule has 6 nitrogen and oxygen atoms in total. The van der Waals surface area contributed by atoms with Gasteiger partial charge in [0.25, 0.3) is 0 Å². The van der Waals surface area contributed by atoms with E-state index >= 15 is 0 Å². The molecule has 1 aliphatic heterocycles. The minimum atomic E-state index is -0.189. The Kier molecular flexibility index (Phi) is 4.74. The van der Waals surface area contributed by atoms with E-state index in [1.165, 1.54) is 0 Å². The molecule has 1 fully saturated rings. The van der Waals surface area contributed by atoms with Gasteiger partial charge in [0, 0.05) is 5.92 Å². The molecule has 0 spiro atoms. The minimum absolute atomic E-state index is 0.0339. The maximum Gasteiger partial charge on any atom is 0.146 e. The van der Waals surface area contributed by atoms with Crippen LogP contribution in [0.2, 0.25) is 0 Å². The second kappa shape index (κ2) is 5.61. The van der Waals surface area contributed by atoms with Gasteiger partial charge in [-0.15, -0.1) is 0 Å². The molecule has 0 aliphatic carbocycles. The highest BCUT2D eigenvalue weighted by Crippen LogP contribution is 2.24. The molecule has 3 unspecified atom stereocenters. The Morgan fingerprint density at radius 1 is 1.53 bits per heavy atom. The lowest BCUT2D eigenvalue weighted by atomic mass is 10.1. The molecule has 0 amide bonds. The highest BCUT2D eigenvalue weighted by Gasteiger charge is 2.31. The highest BCUT2D eigenvalue weighted by molar-refractivity contribution is 14.1. The quantitative estimate of drug-likeness (QED) is 0.345. The van der Waals surface area contributed by atoms with E-state index in [9.17, 15) is 0 Å². The molecular formula is C8H17IN4O2. The average Bonchev–Trinajstić information content (AvgIpc) is 2.58. The lowest BCUT2D eigenvalue weighted by Crippen LogP contribution is -2.38. The number of nitrogens with one attached hydrogen (secondary N) is 2. The van der Waals surface area contributed by atoms with Crippen LogP contribution in [0.4, 0.5) is 0 Å². The molecule has 0 bridgehead atoms. The van der Waals surface area contributed by atoms with Crippen LogP contribution >= 0.6 is 22.9 Å². The van der Waals surface area contributed by atoms with Crippen molar-refractivity contribution in [3.8, 4) is 0 Å². The van der Waals surface area contributed by atoms with Crippen LogP contribution in [0.3, 0.4) is 0 Å². The van der Waals surface area contributed by atoms with E-state index in [1.807, 2.05) is 29.8 Å². The van der Waals surface area contributed by atoms with Crippen molar-refractivity contribution >= 4 is 22.9 Å². The first-order chi connectivity index (χ1) is 7.08. The first-order valence-corrected chi connectivity index (χ1v) is 5.81. The molecule has 0 saturated carbocycles.